The molecule has 0 spiro atoms. The van der Waals surface area contributed by atoms with E-state index in [2.05, 4.69) is 128 Å². The van der Waals surface area contributed by atoms with Gasteiger partial charge in [-0.2, -0.15) is 0 Å². The first-order valence-corrected chi connectivity index (χ1v) is 22.3. The number of thiophene rings is 1. The number of nitrogens with zero attached hydrogens (tertiary/aromatic N) is 2. The van der Waals surface area contributed by atoms with Crippen LogP contribution in [0.2, 0.25) is 0 Å². The van der Waals surface area contributed by atoms with Crippen molar-refractivity contribution in [3.63, 3.8) is 0 Å². The summed E-state index contributed by atoms with van der Waals surface area (Å²) in [7, 11) is -3.77. The number of hydrogen-bond acceptors (Lipinski definition) is 6. The number of nitrogens with one attached hydrogen (secondary N) is 1. The van der Waals surface area contributed by atoms with Crippen LogP contribution in [-0.4, -0.2) is 20.1 Å². The van der Waals surface area contributed by atoms with Crippen LogP contribution in [0.3, 0.4) is 0 Å². The molecule has 1 unspecified atom stereocenters. The molecule has 1 aromatic heterocycles. The highest BCUT2D eigenvalue weighted by atomic mass is 32.2. The molecular formula is C53H37N3O2S2. The number of benzene rings is 8. The minimum atomic E-state index is -3.77. The molecule has 3 heterocycles. The van der Waals surface area contributed by atoms with Gasteiger partial charge in [0.15, 0.2) is 5.66 Å². The van der Waals surface area contributed by atoms with Crippen molar-refractivity contribution in [3.8, 4) is 11.1 Å². The fraction of sp³-hybridized carbons (Fsp3) is 0.0566. The lowest BCUT2D eigenvalue weighted by molar-refractivity contribution is 0.518. The Labute approximate surface area is 353 Å². The maximum Gasteiger partial charge on any atom is 0.207 e. The van der Waals surface area contributed by atoms with Gasteiger partial charge in [0, 0.05) is 36.9 Å². The standard InChI is InChI=1S/C53H37N3O2S2/c1-52(55-50(35-16-4-2-5-17-35)54-51(56-52)38-30-31-47-43(34-38)42-24-8-11-27-46(42)59-47)40-22-14-18-36(32-40)37-19-15-23-41(33-37)53(39-20-6-3-7-21-39)44-25-9-12-28-48(44)60(57,58)49-29-13-10-26-45(49)53/h2-34H,1H3,(H,54,55,56). The van der Waals surface area contributed by atoms with Gasteiger partial charge in [0.25, 0.3) is 0 Å². The molecule has 7 heteroatoms. The van der Waals surface area contributed by atoms with Crippen LogP contribution in [0.1, 0.15) is 45.9 Å². The van der Waals surface area contributed by atoms with Gasteiger partial charge < -0.3 is 5.32 Å². The molecule has 1 N–H and O–H groups in total. The second kappa shape index (κ2) is 13.8. The quantitative estimate of drug-likeness (QED) is 0.182. The topological polar surface area (TPSA) is 70.9 Å². The van der Waals surface area contributed by atoms with Gasteiger partial charge in [-0.1, -0.05) is 152 Å². The molecule has 11 rings (SSSR count). The van der Waals surface area contributed by atoms with Crippen molar-refractivity contribution in [1.29, 1.82) is 0 Å². The van der Waals surface area contributed by atoms with Crippen molar-refractivity contribution in [3.05, 3.63) is 239 Å². The summed E-state index contributed by atoms with van der Waals surface area (Å²) < 4.78 is 31.0. The van der Waals surface area contributed by atoms with Crippen molar-refractivity contribution in [2.75, 3.05) is 0 Å². The van der Waals surface area contributed by atoms with Crippen molar-refractivity contribution >= 4 is 53.0 Å². The van der Waals surface area contributed by atoms with Crippen molar-refractivity contribution in [2.24, 2.45) is 9.98 Å². The summed E-state index contributed by atoms with van der Waals surface area (Å²) in [5.74, 6) is 1.51. The highest BCUT2D eigenvalue weighted by Gasteiger charge is 2.48. The van der Waals surface area contributed by atoms with Gasteiger partial charge in [-0.15, -0.1) is 11.3 Å². The number of sulfone groups is 1. The van der Waals surface area contributed by atoms with Gasteiger partial charge >= 0.3 is 0 Å². The van der Waals surface area contributed by atoms with Crippen molar-refractivity contribution in [2.45, 2.75) is 27.8 Å². The maximum absolute atomic E-state index is 14.3. The lowest BCUT2D eigenvalue weighted by Crippen LogP contribution is -2.40. The summed E-state index contributed by atoms with van der Waals surface area (Å²) in [6.45, 7) is 2.07. The molecular weight excluding hydrogens is 775 g/mol. The molecule has 288 valence electrons. The summed E-state index contributed by atoms with van der Waals surface area (Å²) in [5, 5.41) is 6.05. The number of rotatable bonds is 6. The number of aliphatic imine (C=N–C) groups is 2. The largest absolute Gasteiger partial charge is 0.324 e. The third kappa shape index (κ3) is 5.61. The fourth-order valence-electron chi connectivity index (χ4n) is 9.19. The maximum atomic E-state index is 14.3. The summed E-state index contributed by atoms with van der Waals surface area (Å²) in [4.78, 5) is 11.4. The summed E-state index contributed by atoms with van der Waals surface area (Å²) in [6.07, 6.45) is 0. The SMILES string of the molecule is CC1(c2cccc(-c3cccc(C4(c5ccccc5)c5ccccc5S(=O)(=O)c5ccccc54)c3)c2)N=C(c2ccccc2)NC(c2ccc3sc4ccccc4c3c2)=N1. The molecule has 2 aliphatic rings. The Morgan fingerprint density at radius 2 is 0.967 bits per heavy atom. The van der Waals surface area contributed by atoms with E-state index in [-0.39, 0.29) is 0 Å². The van der Waals surface area contributed by atoms with Crippen LogP contribution in [0.15, 0.2) is 220 Å². The van der Waals surface area contributed by atoms with Crippen LogP contribution in [0.4, 0.5) is 0 Å². The second-order valence-electron chi connectivity index (χ2n) is 15.5. The van der Waals surface area contributed by atoms with E-state index >= 15 is 0 Å². The third-order valence-corrected chi connectivity index (χ3v) is 15.0. The van der Waals surface area contributed by atoms with Gasteiger partial charge in [0.1, 0.15) is 11.7 Å². The Kier molecular flexibility index (Phi) is 8.34. The van der Waals surface area contributed by atoms with Crippen LogP contribution in [0.5, 0.6) is 0 Å². The molecule has 0 amide bonds. The molecule has 0 fully saturated rings. The number of fused-ring (bicyclic) bond motifs is 5. The monoisotopic (exact) mass is 811 g/mol. The van der Waals surface area contributed by atoms with E-state index in [0.29, 0.717) is 9.79 Å². The highest BCUT2D eigenvalue weighted by Crippen LogP contribution is 2.54. The van der Waals surface area contributed by atoms with Gasteiger partial charge in [0.2, 0.25) is 9.84 Å². The van der Waals surface area contributed by atoms with Gasteiger partial charge in [0.05, 0.1) is 15.2 Å². The molecule has 0 saturated heterocycles. The van der Waals surface area contributed by atoms with Crippen molar-refractivity contribution in [1.82, 2.24) is 5.32 Å². The average molecular weight is 812 g/mol. The predicted octanol–water partition coefficient (Wildman–Crippen LogP) is 11.9. The zero-order valence-corrected chi connectivity index (χ0v) is 34.2. The normalized spacial score (nSPS) is 17.6. The molecule has 9 aromatic rings. The van der Waals surface area contributed by atoms with E-state index < -0.39 is 20.9 Å². The zero-order chi connectivity index (χ0) is 40.5. The Balaban J connectivity index is 1.07. The molecule has 0 saturated carbocycles. The Bertz CT molecular complexity index is 3280. The minimum absolute atomic E-state index is 0.325. The Morgan fingerprint density at radius 3 is 1.67 bits per heavy atom. The minimum Gasteiger partial charge on any atom is -0.324 e. The zero-order valence-electron chi connectivity index (χ0n) is 32.6. The van der Waals surface area contributed by atoms with E-state index in [4.69, 9.17) is 9.98 Å². The molecule has 5 nitrogen and oxygen atoms in total. The molecule has 0 radical (unpaired) electrons. The molecule has 8 aromatic carbocycles. The molecule has 0 aliphatic carbocycles. The van der Waals surface area contributed by atoms with Gasteiger partial charge in [-0.25, -0.2) is 18.4 Å². The van der Waals surface area contributed by atoms with E-state index in [9.17, 15) is 8.42 Å². The van der Waals surface area contributed by atoms with Gasteiger partial charge in [-0.05, 0) is 88.8 Å². The summed E-state index contributed by atoms with van der Waals surface area (Å²) in [5.41, 5.74) is 6.47. The molecule has 1 atom stereocenters. The molecule has 2 aliphatic heterocycles. The van der Waals surface area contributed by atoms with Crippen LogP contribution >= 0.6 is 11.3 Å². The Hall–Kier alpha value is -6.93. The molecule has 0 bridgehead atoms. The highest BCUT2D eigenvalue weighted by molar-refractivity contribution is 7.91. The van der Waals surface area contributed by atoms with E-state index in [1.165, 1.54) is 20.2 Å². The van der Waals surface area contributed by atoms with Crippen LogP contribution in [0.25, 0.3) is 31.3 Å². The lowest BCUT2D eigenvalue weighted by atomic mass is 9.64. The average Bonchev–Trinajstić information content (AvgIpc) is 3.68. The van der Waals surface area contributed by atoms with Crippen LogP contribution in [0, 0.1) is 0 Å². The van der Waals surface area contributed by atoms with E-state index in [1.54, 1.807) is 23.5 Å². The summed E-state index contributed by atoms with van der Waals surface area (Å²) in [6, 6.07) is 67.6. The first-order valence-electron chi connectivity index (χ1n) is 20.0. The number of hydrogen-bond donors (Lipinski definition) is 1. The van der Waals surface area contributed by atoms with Gasteiger partial charge in [-0.3, -0.25) is 0 Å². The third-order valence-electron chi connectivity index (χ3n) is 12.0. The lowest BCUT2D eigenvalue weighted by Gasteiger charge is -2.42. The van der Waals surface area contributed by atoms with Crippen LogP contribution < -0.4 is 5.32 Å². The number of amidine groups is 2. The Morgan fingerprint density at radius 1 is 0.450 bits per heavy atom. The first kappa shape index (κ1) is 36.2. The fourth-order valence-corrected chi connectivity index (χ4v) is 12.0. The van der Waals surface area contributed by atoms with E-state index in [0.717, 1.165) is 61.7 Å². The predicted molar refractivity (Wildman–Crippen MR) is 245 cm³/mol. The van der Waals surface area contributed by atoms with Crippen molar-refractivity contribution < 1.29 is 8.42 Å². The second-order valence-corrected chi connectivity index (χ2v) is 18.5. The smallest absolute Gasteiger partial charge is 0.207 e. The van der Waals surface area contributed by atoms with E-state index in [1.807, 2.05) is 72.8 Å². The first-order chi connectivity index (χ1) is 29.3. The molecule has 60 heavy (non-hydrogen) atoms. The summed E-state index contributed by atoms with van der Waals surface area (Å²) >= 11 is 1.80. The van der Waals surface area contributed by atoms with Crippen LogP contribution in [-0.2, 0) is 20.9 Å².